The summed E-state index contributed by atoms with van der Waals surface area (Å²) >= 11 is 6.01. The number of rotatable bonds is 7. The average Bonchev–Trinajstić information content (AvgIpc) is 2.43. The van der Waals surface area contributed by atoms with Gasteiger partial charge >= 0.3 is 5.97 Å². The van der Waals surface area contributed by atoms with Crippen LogP contribution in [0.15, 0.2) is 12.1 Å². The average molecular weight is 288 g/mol. The minimum absolute atomic E-state index is 0.220. The fraction of sp³-hybridized carbons (Fsp3) is 0.462. The van der Waals surface area contributed by atoms with Gasteiger partial charge in [-0.05, 0) is 6.42 Å². The van der Waals surface area contributed by atoms with E-state index in [0.717, 1.165) is 5.69 Å². The Morgan fingerprint density at radius 3 is 2.47 bits per heavy atom. The SMILES string of the molecule is COC(=O)CCCNc1cc(OC)c(Cl)cc1OC. The summed E-state index contributed by atoms with van der Waals surface area (Å²) in [6.45, 7) is 0.621. The highest BCUT2D eigenvalue weighted by molar-refractivity contribution is 6.32. The Labute approximate surface area is 117 Å². The molecule has 0 saturated heterocycles. The van der Waals surface area contributed by atoms with Gasteiger partial charge in [0.25, 0.3) is 0 Å². The maximum absolute atomic E-state index is 11.0. The van der Waals surface area contributed by atoms with Crippen molar-refractivity contribution in [2.45, 2.75) is 12.8 Å². The van der Waals surface area contributed by atoms with Crippen molar-refractivity contribution < 1.29 is 19.0 Å². The van der Waals surface area contributed by atoms with Gasteiger partial charge in [-0.3, -0.25) is 4.79 Å². The zero-order valence-corrected chi connectivity index (χ0v) is 12.0. The first kappa shape index (κ1) is 15.4. The molecule has 0 unspecified atom stereocenters. The van der Waals surface area contributed by atoms with Gasteiger partial charge in [0.15, 0.2) is 0 Å². The van der Waals surface area contributed by atoms with Gasteiger partial charge in [0.05, 0.1) is 32.0 Å². The summed E-state index contributed by atoms with van der Waals surface area (Å²) in [5, 5.41) is 3.66. The molecule has 0 spiro atoms. The summed E-state index contributed by atoms with van der Waals surface area (Å²) in [4.78, 5) is 11.0. The lowest BCUT2D eigenvalue weighted by molar-refractivity contribution is -0.140. The molecule has 1 aromatic rings. The highest BCUT2D eigenvalue weighted by atomic mass is 35.5. The molecule has 0 aliphatic heterocycles. The van der Waals surface area contributed by atoms with E-state index in [1.807, 2.05) is 0 Å². The third kappa shape index (κ3) is 4.52. The third-order valence-corrected chi connectivity index (χ3v) is 2.87. The topological polar surface area (TPSA) is 56.8 Å². The molecule has 0 fully saturated rings. The van der Waals surface area contributed by atoms with Crippen molar-refractivity contribution >= 4 is 23.3 Å². The first-order valence-electron chi connectivity index (χ1n) is 5.84. The van der Waals surface area contributed by atoms with Gasteiger partial charge in [0.1, 0.15) is 11.5 Å². The van der Waals surface area contributed by atoms with Gasteiger partial charge in [-0.2, -0.15) is 0 Å². The lowest BCUT2D eigenvalue weighted by Gasteiger charge is -2.13. The highest BCUT2D eigenvalue weighted by Gasteiger charge is 2.09. The predicted molar refractivity (Wildman–Crippen MR) is 74.3 cm³/mol. The zero-order chi connectivity index (χ0) is 14.3. The van der Waals surface area contributed by atoms with E-state index in [1.54, 1.807) is 26.4 Å². The summed E-state index contributed by atoms with van der Waals surface area (Å²) in [6.07, 6.45) is 1.04. The second-order valence-corrected chi connectivity index (χ2v) is 4.20. The largest absolute Gasteiger partial charge is 0.495 e. The van der Waals surface area contributed by atoms with Crippen molar-refractivity contribution in [1.82, 2.24) is 0 Å². The molecule has 0 aliphatic carbocycles. The number of methoxy groups -OCH3 is 3. The molecule has 0 amide bonds. The van der Waals surface area contributed by atoms with Crippen LogP contribution in [0.4, 0.5) is 5.69 Å². The van der Waals surface area contributed by atoms with E-state index in [4.69, 9.17) is 21.1 Å². The number of benzene rings is 1. The van der Waals surface area contributed by atoms with Crippen LogP contribution in [0.5, 0.6) is 11.5 Å². The number of esters is 1. The Kier molecular flexibility index (Phi) is 6.29. The third-order valence-electron chi connectivity index (χ3n) is 2.57. The molecule has 19 heavy (non-hydrogen) atoms. The first-order chi connectivity index (χ1) is 9.12. The van der Waals surface area contributed by atoms with E-state index in [0.29, 0.717) is 35.9 Å². The lowest BCUT2D eigenvalue weighted by atomic mass is 10.2. The zero-order valence-electron chi connectivity index (χ0n) is 11.3. The van der Waals surface area contributed by atoms with Crippen LogP contribution in [0.25, 0.3) is 0 Å². The first-order valence-corrected chi connectivity index (χ1v) is 6.22. The Hall–Kier alpha value is -1.62. The summed E-state index contributed by atoms with van der Waals surface area (Å²) in [7, 11) is 4.50. The molecule has 0 bridgehead atoms. The van der Waals surface area contributed by atoms with Crippen LogP contribution in [0.3, 0.4) is 0 Å². The minimum atomic E-state index is -0.220. The molecule has 6 heteroatoms. The highest BCUT2D eigenvalue weighted by Crippen LogP contribution is 2.35. The van der Waals surface area contributed by atoms with E-state index < -0.39 is 0 Å². The fourth-order valence-corrected chi connectivity index (χ4v) is 1.79. The lowest BCUT2D eigenvalue weighted by Crippen LogP contribution is -2.07. The minimum Gasteiger partial charge on any atom is -0.495 e. The molecule has 0 aromatic heterocycles. The molecule has 5 nitrogen and oxygen atoms in total. The van der Waals surface area contributed by atoms with E-state index in [9.17, 15) is 4.79 Å². The van der Waals surface area contributed by atoms with Gasteiger partial charge in [-0.15, -0.1) is 0 Å². The molecule has 106 valence electrons. The van der Waals surface area contributed by atoms with Crippen molar-refractivity contribution in [3.05, 3.63) is 17.2 Å². The Bertz CT molecular complexity index is 437. The van der Waals surface area contributed by atoms with Crippen LogP contribution >= 0.6 is 11.6 Å². The van der Waals surface area contributed by atoms with Crippen LogP contribution < -0.4 is 14.8 Å². The second-order valence-electron chi connectivity index (χ2n) is 3.79. The number of anilines is 1. The molecule has 1 aromatic carbocycles. The van der Waals surface area contributed by atoms with Gasteiger partial charge < -0.3 is 19.5 Å². The number of hydrogen-bond acceptors (Lipinski definition) is 5. The van der Waals surface area contributed by atoms with Crippen molar-refractivity contribution in [2.24, 2.45) is 0 Å². The van der Waals surface area contributed by atoms with Gasteiger partial charge in [-0.1, -0.05) is 11.6 Å². The van der Waals surface area contributed by atoms with E-state index in [2.05, 4.69) is 10.1 Å². The van der Waals surface area contributed by atoms with Crippen molar-refractivity contribution in [3.63, 3.8) is 0 Å². The number of hydrogen-bond donors (Lipinski definition) is 1. The van der Waals surface area contributed by atoms with Crippen LogP contribution in [0, 0.1) is 0 Å². The molecule has 0 aliphatic rings. The summed E-state index contributed by atoms with van der Waals surface area (Å²) in [5.41, 5.74) is 0.772. The van der Waals surface area contributed by atoms with E-state index in [-0.39, 0.29) is 5.97 Å². The smallest absolute Gasteiger partial charge is 0.305 e. The molecule has 1 N–H and O–H groups in total. The molecule has 0 heterocycles. The standard InChI is InChI=1S/C13H18ClNO4/c1-17-11-8-10(12(18-2)7-9(11)14)15-6-4-5-13(16)19-3/h7-8,15H,4-6H2,1-3H3. The monoisotopic (exact) mass is 287 g/mol. The summed E-state index contributed by atoms with van der Waals surface area (Å²) in [5.74, 6) is 0.976. The van der Waals surface area contributed by atoms with Crippen molar-refractivity contribution in [3.8, 4) is 11.5 Å². The quantitative estimate of drug-likeness (QED) is 0.617. The Morgan fingerprint density at radius 1 is 1.21 bits per heavy atom. The van der Waals surface area contributed by atoms with Gasteiger partial charge in [-0.25, -0.2) is 0 Å². The Balaban J connectivity index is 2.63. The molecular weight excluding hydrogens is 270 g/mol. The summed E-state index contributed by atoms with van der Waals surface area (Å²) in [6, 6.07) is 3.45. The molecule has 0 atom stereocenters. The van der Waals surface area contributed by atoms with Gasteiger partial charge in [0, 0.05) is 25.1 Å². The second kappa shape index (κ2) is 7.74. The normalized spacial score (nSPS) is 9.89. The van der Waals surface area contributed by atoms with Crippen LogP contribution in [0.1, 0.15) is 12.8 Å². The molecule has 0 saturated carbocycles. The van der Waals surface area contributed by atoms with Crippen LogP contribution in [0.2, 0.25) is 5.02 Å². The predicted octanol–water partition coefficient (Wildman–Crippen LogP) is 2.72. The molecular formula is C13H18ClNO4. The number of nitrogens with one attached hydrogen (secondary N) is 1. The van der Waals surface area contributed by atoms with Gasteiger partial charge in [0.2, 0.25) is 0 Å². The van der Waals surface area contributed by atoms with Crippen LogP contribution in [-0.2, 0) is 9.53 Å². The van der Waals surface area contributed by atoms with E-state index >= 15 is 0 Å². The number of carbonyl (C=O) groups excluding carboxylic acids is 1. The molecule has 0 radical (unpaired) electrons. The fourth-order valence-electron chi connectivity index (χ4n) is 1.56. The van der Waals surface area contributed by atoms with Crippen molar-refractivity contribution in [2.75, 3.05) is 33.2 Å². The van der Waals surface area contributed by atoms with Crippen LogP contribution in [-0.4, -0.2) is 33.8 Å². The number of carbonyl (C=O) groups is 1. The number of ether oxygens (including phenoxy) is 3. The summed E-state index contributed by atoms with van der Waals surface area (Å²) < 4.78 is 14.9. The van der Waals surface area contributed by atoms with E-state index in [1.165, 1.54) is 7.11 Å². The van der Waals surface area contributed by atoms with Crippen molar-refractivity contribution in [1.29, 1.82) is 0 Å². The maximum atomic E-state index is 11.0. The number of halogens is 1. The maximum Gasteiger partial charge on any atom is 0.305 e. The Morgan fingerprint density at radius 2 is 1.89 bits per heavy atom. The molecule has 1 rings (SSSR count).